The molecule has 0 aliphatic rings. The van der Waals surface area contributed by atoms with E-state index in [9.17, 15) is 0 Å². The summed E-state index contributed by atoms with van der Waals surface area (Å²) in [6.07, 6.45) is 0. The minimum atomic E-state index is 0.0178. The number of rotatable bonds is 6. The first-order valence-electron chi connectivity index (χ1n) is 5.22. The van der Waals surface area contributed by atoms with Crippen LogP contribution in [0.4, 0.5) is 11.9 Å². The molecule has 0 radical (unpaired) electrons. The van der Waals surface area contributed by atoms with Gasteiger partial charge in [-0.05, 0) is 25.4 Å². The average molecular weight is 246 g/mol. The van der Waals surface area contributed by atoms with Crippen molar-refractivity contribution in [1.82, 2.24) is 15.0 Å². The Hall–Kier alpha value is -1.14. The molecule has 6 nitrogen and oxygen atoms in total. The van der Waals surface area contributed by atoms with Crippen molar-refractivity contribution >= 4 is 23.5 Å². The van der Waals surface area contributed by atoms with E-state index in [1.165, 1.54) is 0 Å². The molecule has 0 amide bonds. The van der Waals surface area contributed by atoms with Gasteiger partial charge >= 0.3 is 0 Å². The smallest absolute Gasteiger partial charge is 0.231 e. The Balaban J connectivity index is 2.88. The molecule has 1 heterocycles. The molecule has 1 aromatic rings. The third kappa shape index (κ3) is 3.46. The zero-order chi connectivity index (χ0) is 12.0. The van der Waals surface area contributed by atoms with Crippen LogP contribution in [0.15, 0.2) is 0 Å². The fraction of sp³-hybridized carbons (Fsp3) is 0.667. The summed E-state index contributed by atoms with van der Waals surface area (Å²) in [5.74, 6) is 0.932. The Bertz CT molecular complexity index is 332. The van der Waals surface area contributed by atoms with Crippen LogP contribution in [-0.4, -0.2) is 46.3 Å². The second kappa shape index (κ2) is 6.44. The maximum absolute atomic E-state index is 8.69. The lowest BCUT2D eigenvalue weighted by molar-refractivity contribution is 0.311. The highest BCUT2D eigenvalue weighted by atomic mass is 35.5. The lowest BCUT2D eigenvalue weighted by Gasteiger charge is -2.18. The van der Waals surface area contributed by atoms with Gasteiger partial charge in [0.15, 0.2) is 0 Å². The standard InChI is InChI=1S/C9H16ClN5O/c1-3-15(4-2)9-13-7(10)12-8(14-9)11-5-6-16/h16H,3-6H2,1-2H3,(H,11,12,13,14). The van der Waals surface area contributed by atoms with E-state index in [1.54, 1.807) is 0 Å². The van der Waals surface area contributed by atoms with Gasteiger partial charge in [0.25, 0.3) is 0 Å². The molecular formula is C9H16ClN5O. The zero-order valence-electron chi connectivity index (χ0n) is 9.44. The van der Waals surface area contributed by atoms with Crippen LogP contribution in [0.5, 0.6) is 0 Å². The van der Waals surface area contributed by atoms with Gasteiger partial charge in [-0.25, -0.2) is 0 Å². The molecule has 1 rings (SSSR count). The van der Waals surface area contributed by atoms with E-state index < -0.39 is 0 Å². The number of nitrogens with one attached hydrogen (secondary N) is 1. The molecule has 0 spiro atoms. The number of anilines is 2. The van der Waals surface area contributed by atoms with Crippen LogP contribution in [0.1, 0.15) is 13.8 Å². The molecule has 90 valence electrons. The molecular weight excluding hydrogens is 230 g/mol. The summed E-state index contributed by atoms with van der Waals surface area (Å²) in [6.45, 7) is 6.04. The molecule has 0 unspecified atom stereocenters. The topological polar surface area (TPSA) is 74.2 Å². The third-order valence-electron chi connectivity index (χ3n) is 2.04. The normalized spacial score (nSPS) is 10.2. The van der Waals surface area contributed by atoms with E-state index in [0.717, 1.165) is 13.1 Å². The molecule has 2 N–H and O–H groups in total. The van der Waals surface area contributed by atoms with Crippen molar-refractivity contribution in [2.24, 2.45) is 0 Å². The molecule has 0 aromatic carbocycles. The van der Waals surface area contributed by atoms with E-state index in [1.807, 2.05) is 18.7 Å². The van der Waals surface area contributed by atoms with Crippen LogP contribution >= 0.6 is 11.6 Å². The molecule has 0 aliphatic heterocycles. The van der Waals surface area contributed by atoms with E-state index in [4.69, 9.17) is 16.7 Å². The number of hydrogen-bond donors (Lipinski definition) is 2. The predicted octanol–water partition coefficient (Wildman–Crippen LogP) is 0.775. The van der Waals surface area contributed by atoms with Crippen LogP contribution < -0.4 is 10.2 Å². The van der Waals surface area contributed by atoms with Crippen molar-refractivity contribution in [2.75, 3.05) is 36.5 Å². The molecule has 16 heavy (non-hydrogen) atoms. The van der Waals surface area contributed by atoms with Crippen LogP contribution in [0, 0.1) is 0 Å². The summed E-state index contributed by atoms with van der Waals surface area (Å²) in [6, 6.07) is 0. The van der Waals surface area contributed by atoms with E-state index in [-0.39, 0.29) is 11.9 Å². The molecule has 0 aliphatic carbocycles. The lowest BCUT2D eigenvalue weighted by Crippen LogP contribution is -2.25. The summed E-state index contributed by atoms with van der Waals surface area (Å²) < 4.78 is 0. The minimum absolute atomic E-state index is 0.0178. The van der Waals surface area contributed by atoms with Gasteiger partial charge < -0.3 is 15.3 Å². The van der Waals surface area contributed by atoms with Gasteiger partial charge in [0.1, 0.15) is 0 Å². The minimum Gasteiger partial charge on any atom is -0.395 e. The fourth-order valence-corrected chi connectivity index (χ4v) is 1.39. The monoisotopic (exact) mass is 245 g/mol. The van der Waals surface area contributed by atoms with Gasteiger partial charge in [0.2, 0.25) is 17.2 Å². The largest absolute Gasteiger partial charge is 0.395 e. The van der Waals surface area contributed by atoms with Crippen LogP contribution in [0.3, 0.4) is 0 Å². The van der Waals surface area contributed by atoms with Gasteiger partial charge in [-0.2, -0.15) is 15.0 Å². The first-order valence-corrected chi connectivity index (χ1v) is 5.60. The van der Waals surface area contributed by atoms with Crippen molar-refractivity contribution in [3.63, 3.8) is 0 Å². The van der Waals surface area contributed by atoms with Gasteiger partial charge in [-0.3, -0.25) is 0 Å². The Morgan fingerprint density at radius 3 is 2.50 bits per heavy atom. The number of aliphatic hydroxyl groups excluding tert-OH is 1. The maximum atomic E-state index is 8.69. The van der Waals surface area contributed by atoms with Crippen LogP contribution in [0.25, 0.3) is 0 Å². The summed E-state index contributed by atoms with van der Waals surface area (Å²) in [4.78, 5) is 14.1. The predicted molar refractivity (Wildman–Crippen MR) is 64.0 cm³/mol. The molecule has 0 saturated carbocycles. The van der Waals surface area contributed by atoms with E-state index in [0.29, 0.717) is 18.4 Å². The van der Waals surface area contributed by atoms with Gasteiger partial charge in [-0.15, -0.1) is 0 Å². The van der Waals surface area contributed by atoms with E-state index in [2.05, 4.69) is 20.3 Å². The molecule has 0 bridgehead atoms. The first-order chi connectivity index (χ1) is 7.71. The Morgan fingerprint density at radius 2 is 1.94 bits per heavy atom. The first kappa shape index (κ1) is 12.9. The van der Waals surface area contributed by atoms with Crippen LogP contribution in [-0.2, 0) is 0 Å². The Morgan fingerprint density at radius 1 is 1.25 bits per heavy atom. The Kier molecular flexibility index (Phi) is 5.21. The summed E-state index contributed by atoms with van der Waals surface area (Å²) >= 11 is 5.80. The quantitative estimate of drug-likeness (QED) is 0.772. The highest BCUT2D eigenvalue weighted by Gasteiger charge is 2.09. The Labute approximate surface area is 99.7 Å². The number of aliphatic hydroxyl groups is 1. The highest BCUT2D eigenvalue weighted by Crippen LogP contribution is 2.13. The number of hydrogen-bond acceptors (Lipinski definition) is 6. The SMILES string of the molecule is CCN(CC)c1nc(Cl)nc(NCCO)n1. The number of nitrogens with zero attached hydrogens (tertiary/aromatic N) is 4. The molecule has 0 saturated heterocycles. The van der Waals surface area contributed by atoms with Crippen molar-refractivity contribution < 1.29 is 5.11 Å². The summed E-state index contributed by atoms with van der Waals surface area (Å²) in [7, 11) is 0. The van der Waals surface area contributed by atoms with Crippen molar-refractivity contribution in [1.29, 1.82) is 0 Å². The second-order valence-corrected chi connectivity index (χ2v) is 3.39. The third-order valence-corrected chi connectivity index (χ3v) is 2.21. The summed E-state index contributed by atoms with van der Waals surface area (Å²) in [5.41, 5.74) is 0. The molecule has 1 aromatic heterocycles. The molecule has 0 fully saturated rings. The average Bonchev–Trinajstić information content (AvgIpc) is 2.27. The lowest BCUT2D eigenvalue weighted by atomic mass is 10.5. The fourth-order valence-electron chi connectivity index (χ4n) is 1.23. The zero-order valence-corrected chi connectivity index (χ0v) is 10.2. The molecule has 0 atom stereocenters. The van der Waals surface area contributed by atoms with Crippen LogP contribution in [0.2, 0.25) is 5.28 Å². The summed E-state index contributed by atoms with van der Waals surface area (Å²) in [5, 5.41) is 11.7. The van der Waals surface area contributed by atoms with Crippen molar-refractivity contribution in [3.8, 4) is 0 Å². The van der Waals surface area contributed by atoms with Crippen molar-refractivity contribution in [3.05, 3.63) is 5.28 Å². The molecule has 7 heteroatoms. The number of aromatic nitrogens is 3. The van der Waals surface area contributed by atoms with Gasteiger partial charge in [-0.1, -0.05) is 0 Å². The van der Waals surface area contributed by atoms with Gasteiger partial charge in [0, 0.05) is 19.6 Å². The number of halogens is 1. The van der Waals surface area contributed by atoms with Crippen molar-refractivity contribution in [2.45, 2.75) is 13.8 Å². The van der Waals surface area contributed by atoms with Gasteiger partial charge in [0.05, 0.1) is 6.61 Å². The maximum Gasteiger partial charge on any atom is 0.231 e. The highest BCUT2D eigenvalue weighted by molar-refractivity contribution is 6.28. The second-order valence-electron chi connectivity index (χ2n) is 3.05. The van der Waals surface area contributed by atoms with E-state index >= 15 is 0 Å².